The average molecular weight is 365 g/mol. The number of aromatic amines is 1. The summed E-state index contributed by atoms with van der Waals surface area (Å²) in [5.74, 6) is -1.92. The van der Waals surface area contributed by atoms with E-state index in [2.05, 4.69) is 9.97 Å². The van der Waals surface area contributed by atoms with Crippen LogP contribution in [-0.4, -0.2) is 26.8 Å². The van der Waals surface area contributed by atoms with Crippen LogP contribution < -0.4 is 4.90 Å². The largest absolute Gasteiger partial charge is 0.503 e. The van der Waals surface area contributed by atoms with Crippen LogP contribution in [0.2, 0.25) is 0 Å². The van der Waals surface area contributed by atoms with E-state index < -0.39 is 23.5 Å². The summed E-state index contributed by atoms with van der Waals surface area (Å²) in [6.45, 7) is 1.67. The van der Waals surface area contributed by atoms with Crippen LogP contribution in [0.25, 0.3) is 11.0 Å². The van der Waals surface area contributed by atoms with E-state index in [1.807, 2.05) is 6.07 Å². The molecule has 2 N–H and O–H groups in total. The number of ketones is 1. The van der Waals surface area contributed by atoms with Crippen molar-refractivity contribution in [1.29, 1.82) is 0 Å². The van der Waals surface area contributed by atoms with E-state index in [0.29, 0.717) is 16.6 Å². The number of hydrogen-bond donors (Lipinski definition) is 2. The lowest BCUT2D eigenvalue weighted by Gasteiger charge is -2.24. The number of aromatic nitrogens is 2. The summed E-state index contributed by atoms with van der Waals surface area (Å²) in [5.41, 5.74) is 1.60. The molecule has 1 unspecified atom stereocenters. The van der Waals surface area contributed by atoms with Crippen molar-refractivity contribution < 1.29 is 19.1 Å². The predicted octanol–water partition coefficient (Wildman–Crippen LogP) is 3.58. The molecule has 0 radical (unpaired) electrons. The molecule has 0 saturated heterocycles. The molecule has 136 valence electrons. The molecule has 4 rings (SSSR count). The molecular weight excluding hydrogens is 349 g/mol. The highest BCUT2D eigenvalue weighted by Crippen LogP contribution is 2.40. The van der Waals surface area contributed by atoms with Crippen LogP contribution in [0.5, 0.6) is 0 Å². The second-order valence-electron chi connectivity index (χ2n) is 6.25. The fourth-order valence-electron chi connectivity index (χ4n) is 3.33. The maximum absolute atomic E-state index is 13.5. The van der Waals surface area contributed by atoms with Crippen LogP contribution in [-0.2, 0) is 9.59 Å². The van der Waals surface area contributed by atoms with Crippen molar-refractivity contribution in [2.45, 2.75) is 19.4 Å². The number of aliphatic hydroxyl groups is 1. The molecule has 1 aliphatic rings. The van der Waals surface area contributed by atoms with Crippen molar-refractivity contribution in [2.24, 2.45) is 0 Å². The van der Waals surface area contributed by atoms with E-state index in [9.17, 15) is 19.1 Å². The average Bonchev–Trinajstić information content (AvgIpc) is 3.20. The Balaban J connectivity index is 1.89. The number of hydrogen-bond acceptors (Lipinski definition) is 4. The number of benzene rings is 2. The van der Waals surface area contributed by atoms with Crippen molar-refractivity contribution in [3.8, 4) is 0 Å². The topological polar surface area (TPSA) is 86.3 Å². The number of imidazole rings is 1. The monoisotopic (exact) mass is 365 g/mol. The molecule has 1 amide bonds. The Bertz CT molecular complexity index is 1090. The number of anilines is 1. The van der Waals surface area contributed by atoms with Crippen molar-refractivity contribution >= 4 is 28.7 Å². The Hall–Kier alpha value is -3.48. The summed E-state index contributed by atoms with van der Waals surface area (Å²) in [6.07, 6.45) is 0.148. The van der Waals surface area contributed by atoms with Crippen LogP contribution in [0.4, 0.5) is 10.3 Å². The summed E-state index contributed by atoms with van der Waals surface area (Å²) in [4.78, 5) is 33.8. The van der Waals surface area contributed by atoms with Crippen LogP contribution in [0.1, 0.15) is 24.9 Å². The van der Waals surface area contributed by atoms with Gasteiger partial charge in [0.1, 0.15) is 5.82 Å². The normalized spacial score (nSPS) is 17.2. The number of Topliss-reactive ketones (excluding diaryl/α,β-unsaturated/α-hetero) is 1. The van der Waals surface area contributed by atoms with Gasteiger partial charge in [-0.05, 0) is 23.8 Å². The lowest BCUT2D eigenvalue weighted by Crippen LogP contribution is -2.31. The number of halogens is 1. The zero-order chi connectivity index (χ0) is 19.1. The highest BCUT2D eigenvalue weighted by atomic mass is 19.1. The maximum Gasteiger partial charge on any atom is 0.296 e. The third-order valence-electron chi connectivity index (χ3n) is 4.60. The van der Waals surface area contributed by atoms with Crippen molar-refractivity contribution in [3.63, 3.8) is 0 Å². The Morgan fingerprint density at radius 2 is 2.00 bits per heavy atom. The number of carbonyl (C=O) groups excluding carboxylic acids is 2. The molecule has 0 aliphatic carbocycles. The quantitative estimate of drug-likeness (QED) is 0.740. The first-order chi connectivity index (χ1) is 13.0. The highest BCUT2D eigenvalue weighted by molar-refractivity contribution is 6.16. The van der Waals surface area contributed by atoms with Crippen molar-refractivity contribution in [3.05, 3.63) is 71.2 Å². The number of H-pyrrole nitrogens is 1. The molecule has 1 aliphatic heterocycles. The molecule has 6 nitrogen and oxygen atoms in total. The third-order valence-corrected chi connectivity index (χ3v) is 4.60. The first-order valence-corrected chi connectivity index (χ1v) is 8.51. The summed E-state index contributed by atoms with van der Waals surface area (Å²) in [7, 11) is 0. The Kier molecular flexibility index (Phi) is 3.99. The first-order valence-electron chi connectivity index (χ1n) is 8.51. The molecule has 27 heavy (non-hydrogen) atoms. The summed E-state index contributed by atoms with van der Waals surface area (Å²) in [5, 5.41) is 10.4. The fourth-order valence-corrected chi connectivity index (χ4v) is 3.33. The van der Waals surface area contributed by atoms with E-state index >= 15 is 0 Å². The predicted molar refractivity (Wildman–Crippen MR) is 97.7 cm³/mol. The Morgan fingerprint density at radius 3 is 2.70 bits per heavy atom. The van der Waals surface area contributed by atoms with Gasteiger partial charge in [0.2, 0.25) is 5.95 Å². The molecule has 3 aromatic rings. The smallest absolute Gasteiger partial charge is 0.296 e. The van der Waals surface area contributed by atoms with Crippen molar-refractivity contribution in [1.82, 2.24) is 9.97 Å². The molecule has 0 bridgehead atoms. The van der Waals surface area contributed by atoms with Crippen molar-refractivity contribution in [2.75, 3.05) is 4.90 Å². The second kappa shape index (κ2) is 6.35. The third kappa shape index (κ3) is 2.68. The summed E-state index contributed by atoms with van der Waals surface area (Å²) in [6, 6.07) is 12.2. The number of nitrogens with one attached hydrogen (secondary N) is 1. The van der Waals surface area contributed by atoms with Crippen LogP contribution in [0, 0.1) is 5.82 Å². The van der Waals surface area contributed by atoms with Gasteiger partial charge in [-0.1, -0.05) is 37.3 Å². The van der Waals surface area contributed by atoms with Gasteiger partial charge in [-0.2, -0.15) is 0 Å². The van der Waals surface area contributed by atoms with E-state index in [1.54, 1.807) is 31.2 Å². The molecule has 2 aromatic carbocycles. The Labute approximate surface area is 154 Å². The number of nitrogens with zero attached hydrogens (tertiary/aromatic N) is 2. The molecule has 1 atom stereocenters. The van der Waals surface area contributed by atoms with Gasteiger partial charge in [-0.25, -0.2) is 9.37 Å². The van der Waals surface area contributed by atoms with Gasteiger partial charge in [0.15, 0.2) is 11.5 Å². The van der Waals surface area contributed by atoms with Crippen LogP contribution >= 0.6 is 0 Å². The molecular formula is C20H16FN3O3. The molecule has 0 spiro atoms. The molecule has 0 fully saturated rings. The zero-order valence-corrected chi connectivity index (χ0v) is 14.4. The molecule has 2 heterocycles. The van der Waals surface area contributed by atoms with Gasteiger partial charge in [0.05, 0.1) is 22.6 Å². The Morgan fingerprint density at radius 1 is 1.26 bits per heavy atom. The minimum atomic E-state index is -0.809. The molecule has 1 aromatic heterocycles. The van der Waals surface area contributed by atoms with Crippen LogP contribution in [0.3, 0.4) is 0 Å². The number of amides is 1. The number of carbonyl (C=O) groups is 2. The van der Waals surface area contributed by atoms with E-state index in [1.165, 1.54) is 23.1 Å². The minimum absolute atomic E-state index is 0.0420. The van der Waals surface area contributed by atoms with E-state index in [-0.39, 0.29) is 23.7 Å². The molecule has 0 saturated carbocycles. The van der Waals surface area contributed by atoms with Gasteiger partial charge in [-0.15, -0.1) is 0 Å². The SMILES string of the molecule is CCC(=O)C1=C(O)C(=O)N(c2nc3ccc(F)cc3[nH]2)C1c1ccccc1. The van der Waals surface area contributed by atoms with Gasteiger partial charge in [-0.3, -0.25) is 14.5 Å². The summed E-state index contributed by atoms with van der Waals surface area (Å²) < 4.78 is 13.5. The highest BCUT2D eigenvalue weighted by Gasteiger charge is 2.45. The van der Waals surface area contributed by atoms with E-state index in [4.69, 9.17) is 0 Å². The number of rotatable bonds is 4. The lowest BCUT2D eigenvalue weighted by atomic mass is 9.95. The second-order valence-corrected chi connectivity index (χ2v) is 6.25. The van der Waals surface area contributed by atoms with Crippen LogP contribution in [0.15, 0.2) is 59.9 Å². The fraction of sp³-hybridized carbons (Fsp3) is 0.150. The number of aliphatic hydroxyl groups excluding tert-OH is 1. The van der Waals surface area contributed by atoms with Gasteiger partial charge in [0.25, 0.3) is 5.91 Å². The number of fused-ring (bicyclic) bond motifs is 1. The summed E-state index contributed by atoms with van der Waals surface area (Å²) >= 11 is 0. The molecule has 7 heteroatoms. The maximum atomic E-state index is 13.5. The van der Waals surface area contributed by atoms with E-state index in [0.717, 1.165) is 0 Å². The van der Waals surface area contributed by atoms with Gasteiger partial charge < -0.3 is 10.1 Å². The zero-order valence-electron chi connectivity index (χ0n) is 14.4. The lowest BCUT2D eigenvalue weighted by molar-refractivity contribution is -0.118. The van der Waals surface area contributed by atoms with Gasteiger partial charge in [0, 0.05) is 6.42 Å². The minimum Gasteiger partial charge on any atom is -0.503 e. The first kappa shape index (κ1) is 17.0. The standard InChI is InChI=1S/C20H16FN3O3/c1-2-15(25)16-17(11-6-4-3-5-7-11)24(19(27)18(16)26)20-22-13-9-8-12(21)10-14(13)23-20/h3-10,17,26H,2H2,1H3,(H,22,23). The van der Waals surface area contributed by atoms with Gasteiger partial charge >= 0.3 is 0 Å².